The zero-order valence-corrected chi connectivity index (χ0v) is 31.1. The second-order valence-corrected chi connectivity index (χ2v) is 17.6. The Morgan fingerprint density at radius 1 is 0.638 bits per heavy atom. The molecule has 0 aliphatic heterocycles. The van der Waals surface area contributed by atoms with E-state index in [0.717, 1.165) is 11.3 Å². The maximum Gasteiger partial charge on any atom is 0.139 e. The largest absolute Gasteiger partial charge is 0.456 e. The number of benzene rings is 4. The van der Waals surface area contributed by atoms with Crippen LogP contribution >= 0.6 is 0 Å². The summed E-state index contributed by atoms with van der Waals surface area (Å²) in [6.45, 7) is 31.5. The third-order valence-corrected chi connectivity index (χ3v) is 13.1. The van der Waals surface area contributed by atoms with Gasteiger partial charge in [0.25, 0.3) is 0 Å². The highest BCUT2D eigenvalue weighted by molar-refractivity contribution is 6.05. The summed E-state index contributed by atoms with van der Waals surface area (Å²) in [6.07, 6.45) is 0. The summed E-state index contributed by atoms with van der Waals surface area (Å²) in [4.78, 5) is 0. The lowest BCUT2D eigenvalue weighted by Crippen LogP contribution is -2.64. The minimum Gasteiger partial charge on any atom is -0.456 e. The first kappa shape index (κ1) is 31.0. The molecule has 1 spiro atoms. The number of hydrogen-bond acceptors (Lipinski definition) is 1. The van der Waals surface area contributed by atoms with Gasteiger partial charge in [0.05, 0.1) is 0 Å². The molecule has 1 saturated carbocycles. The van der Waals surface area contributed by atoms with Crippen molar-refractivity contribution < 1.29 is 4.42 Å². The highest BCUT2D eigenvalue weighted by Gasteiger charge is 2.69. The number of hydrogen-bond donors (Lipinski definition) is 0. The number of fused-ring (bicyclic) bond motifs is 13. The molecule has 3 aliphatic rings. The van der Waals surface area contributed by atoms with Gasteiger partial charge in [-0.05, 0) is 130 Å². The van der Waals surface area contributed by atoms with Gasteiger partial charge >= 0.3 is 0 Å². The van der Waals surface area contributed by atoms with Crippen LogP contribution in [0.25, 0.3) is 44.2 Å². The maximum atomic E-state index is 6.84. The lowest BCUT2D eigenvalue weighted by molar-refractivity contribution is -0.105. The fourth-order valence-corrected chi connectivity index (χ4v) is 11.8. The molecule has 4 aromatic carbocycles. The highest BCUT2D eigenvalue weighted by Crippen LogP contribution is 2.74. The molecule has 0 amide bonds. The van der Waals surface area contributed by atoms with Gasteiger partial charge in [0.1, 0.15) is 11.3 Å². The summed E-state index contributed by atoms with van der Waals surface area (Å²) in [5.74, 6) is 5.20. The molecule has 3 aliphatic carbocycles. The molecular weight excluding hydrogens is 569 g/mol. The minimum absolute atomic E-state index is 0.0180. The van der Waals surface area contributed by atoms with Gasteiger partial charge in [-0.15, -0.1) is 0 Å². The smallest absolute Gasteiger partial charge is 0.139 e. The zero-order chi connectivity index (χ0) is 33.6. The van der Waals surface area contributed by atoms with Crippen LogP contribution in [0.5, 0.6) is 0 Å². The Hall–Kier alpha value is -3.32. The topological polar surface area (TPSA) is 13.1 Å². The van der Waals surface area contributed by atoms with Gasteiger partial charge in [0.15, 0.2) is 0 Å². The van der Waals surface area contributed by atoms with Gasteiger partial charge in [-0.25, -0.2) is 0 Å². The monoisotopic (exact) mass is 622 g/mol. The Morgan fingerprint density at radius 3 is 1.91 bits per heavy atom. The van der Waals surface area contributed by atoms with E-state index < -0.39 is 0 Å². The lowest BCUT2D eigenvalue weighted by atomic mass is 9.37. The van der Waals surface area contributed by atoms with Crippen LogP contribution in [0.1, 0.15) is 120 Å². The molecule has 1 heteroatoms. The summed E-state index contributed by atoms with van der Waals surface area (Å²) >= 11 is 0. The van der Waals surface area contributed by atoms with Gasteiger partial charge in [-0.2, -0.15) is 0 Å². The van der Waals surface area contributed by atoms with E-state index in [-0.39, 0.29) is 10.8 Å². The molecule has 1 aromatic heterocycles. The van der Waals surface area contributed by atoms with Gasteiger partial charge in [-0.3, -0.25) is 0 Å². The normalized spacial score (nSPS) is 23.8. The molecule has 0 radical (unpaired) electrons. The van der Waals surface area contributed by atoms with Crippen molar-refractivity contribution in [2.45, 2.75) is 107 Å². The SMILES string of the molecule is Cc1cc(C)c2c(C)cc3c(c2c1)C1(c2ccc4c(c2-3)C(C)(C)c2c-4oc3ccc(C(C)C)cc23)C(C(C)C)C(C(C)C)C1C(C)C. The predicted octanol–water partition coefficient (Wildman–Crippen LogP) is 13.0. The molecule has 47 heavy (non-hydrogen) atoms. The molecule has 0 bridgehead atoms. The predicted molar refractivity (Wildman–Crippen MR) is 201 cm³/mol. The van der Waals surface area contributed by atoms with Gasteiger partial charge in [-0.1, -0.05) is 111 Å². The zero-order valence-electron chi connectivity index (χ0n) is 31.1. The highest BCUT2D eigenvalue weighted by atomic mass is 16.3. The maximum absolute atomic E-state index is 6.84. The molecule has 5 aromatic rings. The first-order valence-corrected chi connectivity index (χ1v) is 18.4. The van der Waals surface area contributed by atoms with Crippen LogP contribution in [-0.4, -0.2) is 0 Å². The van der Waals surface area contributed by atoms with Crippen molar-refractivity contribution in [3.63, 3.8) is 0 Å². The van der Waals surface area contributed by atoms with E-state index in [2.05, 4.69) is 139 Å². The molecule has 1 heterocycles. The average Bonchev–Trinajstić information content (AvgIpc) is 3.56. The molecule has 2 unspecified atom stereocenters. The van der Waals surface area contributed by atoms with Gasteiger partial charge in [0, 0.05) is 27.3 Å². The molecule has 0 N–H and O–H groups in total. The van der Waals surface area contributed by atoms with Crippen molar-refractivity contribution in [3.05, 3.63) is 93.0 Å². The third-order valence-electron chi connectivity index (χ3n) is 13.1. The summed E-state index contributed by atoms with van der Waals surface area (Å²) in [5.41, 5.74) is 16.8. The number of aryl methyl sites for hydroxylation is 3. The van der Waals surface area contributed by atoms with E-state index in [1.807, 2.05) is 0 Å². The van der Waals surface area contributed by atoms with Crippen LogP contribution in [0.15, 0.2) is 52.9 Å². The molecule has 1 nitrogen and oxygen atoms in total. The first-order valence-electron chi connectivity index (χ1n) is 18.4. The van der Waals surface area contributed by atoms with Crippen molar-refractivity contribution in [2.75, 3.05) is 0 Å². The summed E-state index contributed by atoms with van der Waals surface area (Å²) in [5, 5.41) is 4.26. The molecule has 2 atom stereocenters. The standard InChI is InChI=1S/C46H54O/c1-22(2)29-14-17-35-31(21-29)43-44(47-35)30-15-16-34-38(42(30)45(43,12)13)33-20-28(11)37-27(10)18-26(9)19-32(37)41(33)46(34)39(24(5)6)36(23(3)4)40(46)25(7)8/h14-25,36,39-40H,1-13H3. The quantitative estimate of drug-likeness (QED) is 0.194. The Kier molecular flexibility index (Phi) is 6.50. The van der Waals surface area contributed by atoms with E-state index in [1.165, 1.54) is 66.2 Å². The van der Waals surface area contributed by atoms with E-state index >= 15 is 0 Å². The van der Waals surface area contributed by atoms with Crippen LogP contribution in [0.3, 0.4) is 0 Å². The van der Waals surface area contributed by atoms with E-state index in [4.69, 9.17) is 4.42 Å². The Bertz CT molecular complexity index is 2110. The molecule has 244 valence electrons. The Labute approximate surface area is 283 Å². The average molecular weight is 623 g/mol. The summed E-state index contributed by atoms with van der Waals surface area (Å²) < 4.78 is 6.84. The van der Waals surface area contributed by atoms with Crippen molar-refractivity contribution in [3.8, 4) is 22.5 Å². The molecule has 0 saturated heterocycles. The Balaban J connectivity index is 1.53. The van der Waals surface area contributed by atoms with Crippen molar-refractivity contribution in [2.24, 2.45) is 35.5 Å². The van der Waals surface area contributed by atoms with Crippen LogP contribution in [-0.2, 0) is 10.8 Å². The Morgan fingerprint density at radius 2 is 1.30 bits per heavy atom. The van der Waals surface area contributed by atoms with Crippen LogP contribution < -0.4 is 0 Å². The fourth-order valence-electron chi connectivity index (χ4n) is 11.8. The van der Waals surface area contributed by atoms with Crippen molar-refractivity contribution in [1.82, 2.24) is 0 Å². The first-order chi connectivity index (χ1) is 22.1. The summed E-state index contributed by atoms with van der Waals surface area (Å²) in [7, 11) is 0. The minimum atomic E-state index is -0.188. The third kappa shape index (κ3) is 3.67. The number of furan rings is 1. The van der Waals surface area contributed by atoms with Gasteiger partial charge < -0.3 is 4.42 Å². The number of rotatable bonds is 4. The molecule has 8 rings (SSSR count). The second kappa shape index (κ2) is 9.87. The lowest BCUT2D eigenvalue weighted by Gasteiger charge is -2.66. The van der Waals surface area contributed by atoms with Crippen LogP contribution in [0.4, 0.5) is 0 Å². The van der Waals surface area contributed by atoms with E-state index in [0.29, 0.717) is 41.4 Å². The van der Waals surface area contributed by atoms with Gasteiger partial charge in [0.2, 0.25) is 0 Å². The molecule has 1 fully saturated rings. The fraction of sp³-hybridized carbons (Fsp3) is 0.478. The molecular formula is C46H54O. The van der Waals surface area contributed by atoms with Crippen LogP contribution in [0, 0.1) is 56.3 Å². The van der Waals surface area contributed by atoms with E-state index in [9.17, 15) is 0 Å². The van der Waals surface area contributed by atoms with Crippen LogP contribution in [0.2, 0.25) is 0 Å². The van der Waals surface area contributed by atoms with Crippen molar-refractivity contribution >= 4 is 21.7 Å². The van der Waals surface area contributed by atoms with Crippen molar-refractivity contribution in [1.29, 1.82) is 0 Å². The summed E-state index contributed by atoms with van der Waals surface area (Å²) in [6, 6.07) is 19.4. The van der Waals surface area contributed by atoms with E-state index in [1.54, 1.807) is 11.1 Å². The second-order valence-electron chi connectivity index (χ2n) is 17.6.